The van der Waals surface area contributed by atoms with Crippen molar-refractivity contribution in [3.05, 3.63) is 47.0 Å². The lowest BCUT2D eigenvalue weighted by Gasteiger charge is -2.25. The minimum Gasteiger partial charge on any atom is -0.437 e. The van der Waals surface area contributed by atoms with Crippen molar-refractivity contribution in [3.8, 4) is 11.3 Å². The maximum atomic E-state index is 13.0. The second-order valence-electron chi connectivity index (χ2n) is 8.84. The molecule has 10 heteroatoms. The maximum absolute atomic E-state index is 13.0. The van der Waals surface area contributed by atoms with Gasteiger partial charge in [0.2, 0.25) is 15.7 Å². The number of rotatable bonds is 12. The number of benzene rings is 1. The topological polar surface area (TPSA) is 92.5 Å². The molecule has 7 nitrogen and oxygen atoms in total. The van der Waals surface area contributed by atoms with Gasteiger partial charge in [-0.25, -0.2) is 8.42 Å². The molecule has 1 atom stereocenters. The minimum absolute atomic E-state index is 0.0330. The summed E-state index contributed by atoms with van der Waals surface area (Å²) in [5.74, 6) is 1.70. The number of alkyl halides is 1. The number of amides is 1. The average Bonchev–Trinajstić information content (AvgIpc) is 3.23. The smallest absolute Gasteiger partial charge is 0.255 e. The lowest BCUT2D eigenvalue weighted by molar-refractivity contribution is 0.0964. The summed E-state index contributed by atoms with van der Waals surface area (Å²) in [6, 6.07) is 9.36. The minimum atomic E-state index is -3.59. The van der Waals surface area contributed by atoms with Crippen molar-refractivity contribution in [3.63, 3.8) is 0 Å². The number of hydrogen-bond acceptors (Lipinski definition) is 6. The molecule has 0 aliphatic carbocycles. The van der Waals surface area contributed by atoms with Gasteiger partial charge in [-0.05, 0) is 48.0 Å². The summed E-state index contributed by atoms with van der Waals surface area (Å²) in [5.41, 5.74) is 3.05. The Morgan fingerprint density at radius 1 is 1.28 bits per heavy atom. The van der Waals surface area contributed by atoms with Crippen molar-refractivity contribution in [2.45, 2.75) is 44.9 Å². The van der Waals surface area contributed by atoms with Crippen molar-refractivity contribution < 1.29 is 17.6 Å². The molecule has 0 bridgehead atoms. The Morgan fingerprint density at radius 2 is 1.97 bits per heavy atom. The van der Waals surface area contributed by atoms with E-state index in [4.69, 9.17) is 21.0 Å². The molecule has 0 radical (unpaired) electrons. The van der Waals surface area contributed by atoms with Crippen molar-refractivity contribution in [2.75, 3.05) is 36.2 Å². The molecule has 1 aromatic carbocycles. The van der Waals surface area contributed by atoms with Gasteiger partial charge in [0.1, 0.15) is 11.6 Å². The van der Waals surface area contributed by atoms with Gasteiger partial charge in [-0.3, -0.25) is 9.10 Å². The van der Waals surface area contributed by atoms with E-state index in [0.717, 1.165) is 29.7 Å². The molecule has 3 rings (SSSR count). The van der Waals surface area contributed by atoms with Crippen LogP contribution in [-0.4, -0.2) is 51.2 Å². The maximum Gasteiger partial charge on any atom is 0.255 e. The second-order valence-corrected chi connectivity index (χ2v) is 12.0. The number of nitrogens with one attached hydrogen (secondary N) is 1. The Bertz CT molecular complexity index is 1310. The van der Waals surface area contributed by atoms with E-state index in [1.54, 1.807) is 18.8 Å². The highest BCUT2D eigenvalue weighted by atomic mass is 35.5. The van der Waals surface area contributed by atoms with E-state index in [9.17, 15) is 13.2 Å². The monoisotopic (exact) mass is 551 g/mol. The number of aromatic nitrogens is 1. The number of furan rings is 1. The number of nitrogens with zero attached hydrogens (tertiary/aromatic N) is 2. The molecule has 1 amide bonds. The first-order chi connectivity index (χ1) is 17.2. The highest BCUT2D eigenvalue weighted by molar-refractivity contribution is 7.98. The molecule has 0 aliphatic rings. The molecule has 0 aliphatic heterocycles. The number of carbonyl (C=O) groups is 1. The van der Waals surface area contributed by atoms with E-state index >= 15 is 0 Å². The Labute approximate surface area is 223 Å². The Hall–Kier alpha value is -2.23. The predicted molar refractivity (Wildman–Crippen MR) is 151 cm³/mol. The average molecular weight is 552 g/mol. The molecule has 1 N–H and O–H groups in total. The number of carbonyl (C=O) groups excluding carboxylic acids is 1. The van der Waals surface area contributed by atoms with Crippen LogP contribution in [0.5, 0.6) is 0 Å². The highest BCUT2D eigenvalue weighted by Crippen LogP contribution is 2.39. The van der Waals surface area contributed by atoms with E-state index in [0.29, 0.717) is 46.9 Å². The van der Waals surface area contributed by atoms with Crippen molar-refractivity contribution in [2.24, 2.45) is 0 Å². The van der Waals surface area contributed by atoms with Gasteiger partial charge in [-0.2, -0.15) is 16.7 Å². The van der Waals surface area contributed by atoms with Crippen molar-refractivity contribution >= 4 is 56.2 Å². The van der Waals surface area contributed by atoms with Crippen LogP contribution in [0.1, 0.15) is 60.5 Å². The fourth-order valence-corrected chi connectivity index (χ4v) is 5.78. The van der Waals surface area contributed by atoms with E-state index in [-0.39, 0.29) is 17.5 Å². The van der Waals surface area contributed by atoms with Crippen LogP contribution in [0.15, 0.2) is 34.7 Å². The number of hydrogen-bond donors (Lipinski definition) is 1. The van der Waals surface area contributed by atoms with E-state index in [2.05, 4.69) is 19.2 Å². The molecule has 36 heavy (non-hydrogen) atoms. The number of fused-ring (bicyclic) bond motifs is 1. The highest BCUT2D eigenvalue weighted by Gasteiger charge is 2.29. The molecule has 3 aromatic rings. The zero-order chi connectivity index (χ0) is 26.5. The fourth-order valence-electron chi connectivity index (χ4n) is 4.26. The van der Waals surface area contributed by atoms with Crippen LogP contribution >= 0.6 is 23.4 Å². The fraction of sp³-hybridized carbons (Fsp3) is 0.462. The molecule has 2 aromatic heterocycles. The summed E-state index contributed by atoms with van der Waals surface area (Å²) in [4.78, 5) is 17.8. The molecule has 196 valence electrons. The van der Waals surface area contributed by atoms with Crippen molar-refractivity contribution in [1.82, 2.24) is 10.3 Å². The largest absolute Gasteiger partial charge is 0.437 e. The number of thioether (sulfide) groups is 1. The van der Waals surface area contributed by atoms with Crippen LogP contribution in [0, 0.1) is 0 Å². The summed E-state index contributed by atoms with van der Waals surface area (Å²) >= 11 is 7.61. The third-order valence-corrected chi connectivity index (χ3v) is 8.28. The number of pyridine rings is 1. The van der Waals surface area contributed by atoms with Gasteiger partial charge in [0.25, 0.3) is 5.91 Å². The Balaban J connectivity index is 2.31. The number of anilines is 1. The second kappa shape index (κ2) is 12.3. The molecule has 0 fully saturated rings. The molecule has 0 spiro atoms. The van der Waals surface area contributed by atoms with Crippen LogP contribution < -0.4 is 9.62 Å². The predicted octanol–water partition coefficient (Wildman–Crippen LogP) is 6.02. The van der Waals surface area contributed by atoms with Crippen LogP contribution in [-0.2, 0) is 15.9 Å². The van der Waals surface area contributed by atoms with Gasteiger partial charge in [-0.1, -0.05) is 44.5 Å². The van der Waals surface area contributed by atoms with E-state index in [1.165, 1.54) is 10.6 Å². The first kappa shape index (κ1) is 28.3. The van der Waals surface area contributed by atoms with Crippen LogP contribution in [0.25, 0.3) is 22.4 Å². The molecule has 0 saturated heterocycles. The summed E-state index contributed by atoms with van der Waals surface area (Å²) < 4.78 is 33.3. The molecular formula is C26H34ClN3O4S2. The van der Waals surface area contributed by atoms with Gasteiger partial charge in [-0.15, -0.1) is 11.6 Å². The van der Waals surface area contributed by atoms with E-state index in [1.807, 2.05) is 36.6 Å². The molecular weight excluding hydrogens is 518 g/mol. The van der Waals surface area contributed by atoms with Crippen LogP contribution in [0.4, 0.5) is 5.82 Å². The van der Waals surface area contributed by atoms with E-state index < -0.39 is 10.0 Å². The summed E-state index contributed by atoms with van der Waals surface area (Å²) in [7, 11) is -2.02. The van der Waals surface area contributed by atoms with Gasteiger partial charge in [0.05, 0.1) is 17.2 Å². The van der Waals surface area contributed by atoms with Crippen LogP contribution in [0.3, 0.4) is 0 Å². The standard InChI is InChI=1S/C26H34ClN3O4S2/c1-6-8-17(2)20-15-21-22(25(31)28-3)23(19-11-9-18(16-27)10-12-19)34-26(21)29-24(20)30(36(5,32)33)13-7-14-35-4/h9-12,15,17H,6-8,13-14,16H2,1-5H3,(H,28,31). The number of halogens is 1. The zero-order valence-electron chi connectivity index (χ0n) is 21.4. The lowest BCUT2D eigenvalue weighted by Crippen LogP contribution is -2.33. The third kappa shape index (κ3) is 6.18. The van der Waals surface area contributed by atoms with Gasteiger partial charge < -0.3 is 9.73 Å². The quantitative estimate of drug-likeness (QED) is 0.219. The molecule has 0 saturated carbocycles. The summed E-state index contributed by atoms with van der Waals surface area (Å²) in [6.07, 6.45) is 5.66. The molecule has 2 heterocycles. The number of sulfonamides is 1. The summed E-state index contributed by atoms with van der Waals surface area (Å²) in [5, 5.41) is 3.27. The van der Waals surface area contributed by atoms with Gasteiger partial charge in [0, 0.05) is 25.0 Å². The first-order valence-electron chi connectivity index (χ1n) is 12.0. The van der Waals surface area contributed by atoms with Crippen molar-refractivity contribution in [1.29, 1.82) is 0 Å². The zero-order valence-corrected chi connectivity index (χ0v) is 23.8. The van der Waals surface area contributed by atoms with Gasteiger partial charge >= 0.3 is 0 Å². The SMILES string of the molecule is CCCC(C)c1cc2c(C(=O)NC)c(-c3ccc(CCl)cc3)oc2nc1N(CCCSC)S(C)(=O)=O. The molecule has 1 unspecified atom stereocenters. The lowest BCUT2D eigenvalue weighted by atomic mass is 9.95. The normalized spacial score (nSPS) is 12.6. The Morgan fingerprint density at radius 3 is 2.53 bits per heavy atom. The summed E-state index contributed by atoms with van der Waals surface area (Å²) in [6.45, 7) is 4.47. The van der Waals surface area contributed by atoms with Crippen LogP contribution in [0.2, 0.25) is 0 Å². The third-order valence-electron chi connectivity index (χ3n) is 6.11. The first-order valence-corrected chi connectivity index (χ1v) is 15.7. The van der Waals surface area contributed by atoms with Gasteiger partial charge in [0.15, 0.2) is 0 Å². The Kier molecular flexibility index (Phi) is 9.72.